The van der Waals surface area contributed by atoms with Gasteiger partial charge >= 0.3 is 0 Å². The van der Waals surface area contributed by atoms with E-state index in [2.05, 4.69) is 15.5 Å². The van der Waals surface area contributed by atoms with Crippen molar-refractivity contribution in [3.63, 3.8) is 0 Å². The van der Waals surface area contributed by atoms with E-state index < -0.39 is 0 Å². The zero-order chi connectivity index (χ0) is 16.2. The number of hydrogen-bond donors (Lipinski definition) is 2. The molecule has 0 spiro atoms. The fourth-order valence-corrected chi connectivity index (χ4v) is 2.69. The maximum Gasteiger partial charge on any atom is 0.274 e. The topological polar surface area (TPSA) is 70.2 Å². The first-order chi connectivity index (χ1) is 11.1. The number of carbonyl (C=O) groups is 1. The van der Waals surface area contributed by atoms with Crippen LogP contribution in [0.25, 0.3) is 0 Å². The van der Waals surface area contributed by atoms with E-state index in [1.165, 1.54) is 0 Å². The number of aromatic nitrogens is 2. The van der Waals surface area contributed by atoms with Gasteiger partial charge in [-0.15, -0.1) is 0 Å². The van der Waals surface area contributed by atoms with Gasteiger partial charge in [-0.25, -0.2) is 0 Å². The average Bonchev–Trinajstić information content (AvgIpc) is 2.98. The molecule has 2 heterocycles. The summed E-state index contributed by atoms with van der Waals surface area (Å²) in [5, 5.41) is 10.5. The number of aromatic amines is 1. The van der Waals surface area contributed by atoms with Crippen molar-refractivity contribution in [2.45, 2.75) is 19.9 Å². The summed E-state index contributed by atoms with van der Waals surface area (Å²) < 4.78 is 5.70. The number of hydrogen-bond acceptors (Lipinski definition) is 4. The molecule has 0 saturated heterocycles. The minimum atomic E-state index is -0.0703. The van der Waals surface area contributed by atoms with Gasteiger partial charge in [-0.2, -0.15) is 5.10 Å². The Morgan fingerprint density at radius 2 is 2.30 bits per heavy atom. The van der Waals surface area contributed by atoms with Crippen molar-refractivity contribution in [1.82, 2.24) is 20.4 Å². The average molecular weight is 314 g/mol. The Hall–Kier alpha value is -2.34. The Kier molecular flexibility index (Phi) is 4.62. The summed E-state index contributed by atoms with van der Waals surface area (Å²) in [4.78, 5) is 14.2. The minimum Gasteiger partial charge on any atom is -0.492 e. The fraction of sp³-hybridized carbons (Fsp3) is 0.412. The van der Waals surface area contributed by atoms with Gasteiger partial charge in [0.1, 0.15) is 12.4 Å². The summed E-state index contributed by atoms with van der Waals surface area (Å²) in [6, 6.07) is 7.89. The molecule has 1 aliphatic rings. The number of rotatable bonds is 5. The Balaban J connectivity index is 1.56. The van der Waals surface area contributed by atoms with E-state index in [1.54, 1.807) is 11.9 Å². The van der Waals surface area contributed by atoms with Crippen LogP contribution in [0.15, 0.2) is 24.3 Å². The third kappa shape index (κ3) is 3.53. The molecule has 1 aromatic carbocycles. The Labute approximate surface area is 135 Å². The van der Waals surface area contributed by atoms with Crippen LogP contribution in [0.2, 0.25) is 0 Å². The maximum atomic E-state index is 12.5. The highest BCUT2D eigenvalue weighted by Crippen LogP contribution is 2.17. The molecule has 1 aliphatic heterocycles. The number of carbonyl (C=O) groups excluding carboxylic acids is 1. The number of fused-ring (bicyclic) bond motifs is 1. The smallest absolute Gasteiger partial charge is 0.274 e. The monoisotopic (exact) mass is 314 g/mol. The van der Waals surface area contributed by atoms with Gasteiger partial charge in [0, 0.05) is 37.8 Å². The summed E-state index contributed by atoms with van der Waals surface area (Å²) in [6.45, 7) is 4.61. The van der Waals surface area contributed by atoms with Crippen LogP contribution >= 0.6 is 0 Å². The molecular formula is C17H22N4O2. The number of likely N-dealkylation sites (N-methyl/N-ethyl adjacent to an activating group) is 1. The van der Waals surface area contributed by atoms with Crippen LogP contribution in [-0.4, -0.2) is 47.7 Å². The Morgan fingerprint density at radius 1 is 1.43 bits per heavy atom. The van der Waals surface area contributed by atoms with E-state index in [-0.39, 0.29) is 5.91 Å². The summed E-state index contributed by atoms with van der Waals surface area (Å²) >= 11 is 0. The van der Waals surface area contributed by atoms with Crippen LogP contribution in [0.5, 0.6) is 5.75 Å². The molecule has 2 N–H and O–H groups in total. The lowest BCUT2D eigenvalue weighted by atomic mass is 10.1. The predicted molar refractivity (Wildman–Crippen MR) is 87.6 cm³/mol. The van der Waals surface area contributed by atoms with E-state index in [4.69, 9.17) is 4.74 Å². The summed E-state index contributed by atoms with van der Waals surface area (Å²) in [5.74, 6) is 0.756. The molecule has 0 bridgehead atoms. The highest BCUT2D eigenvalue weighted by molar-refractivity contribution is 5.93. The van der Waals surface area contributed by atoms with Crippen LogP contribution in [-0.2, 0) is 13.0 Å². The van der Waals surface area contributed by atoms with E-state index >= 15 is 0 Å². The van der Waals surface area contributed by atoms with Crippen molar-refractivity contribution in [3.05, 3.63) is 46.8 Å². The van der Waals surface area contributed by atoms with Gasteiger partial charge in [-0.1, -0.05) is 12.1 Å². The second-order valence-corrected chi connectivity index (χ2v) is 5.85. The number of ether oxygens (including phenoxy) is 1. The molecular weight excluding hydrogens is 292 g/mol. The second kappa shape index (κ2) is 6.83. The first-order valence-corrected chi connectivity index (χ1v) is 7.87. The van der Waals surface area contributed by atoms with Crippen LogP contribution in [0.4, 0.5) is 0 Å². The van der Waals surface area contributed by atoms with Crippen LogP contribution in [0.1, 0.15) is 27.3 Å². The number of nitrogens with zero attached hydrogens (tertiary/aromatic N) is 2. The molecule has 2 aromatic rings. The van der Waals surface area contributed by atoms with E-state index in [0.717, 1.165) is 35.5 Å². The van der Waals surface area contributed by atoms with Crippen LogP contribution in [0, 0.1) is 6.92 Å². The highest BCUT2D eigenvalue weighted by atomic mass is 16.5. The third-order valence-corrected chi connectivity index (χ3v) is 4.04. The molecule has 6 nitrogen and oxygen atoms in total. The van der Waals surface area contributed by atoms with E-state index in [9.17, 15) is 4.79 Å². The second-order valence-electron chi connectivity index (χ2n) is 5.85. The molecule has 1 amide bonds. The maximum absolute atomic E-state index is 12.5. The quantitative estimate of drug-likeness (QED) is 0.878. The molecule has 0 aliphatic carbocycles. The first kappa shape index (κ1) is 15.6. The molecule has 0 fully saturated rings. The minimum absolute atomic E-state index is 0.0703. The van der Waals surface area contributed by atoms with Gasteiger partial charge < -0.3 is 15.0 Å². The molecule has 3 rings (SSSR count). The molecule has 122 valence electrons. The lowest BCUT2D eigenvalue weighted by Crippen LogP contribution is -2.33. The van der Waals surface area contributed by atoms with E-state index in [1.807, 2.05) is 31.2 Å². The van der Waals surface area contributed by atoms with Crippen molar-refractivity contribution >= 4 is 5.91 Å². The Morgan fingerprint density at radius 3 is 3.13 bits per heavy atom. The van der Waals surface area contributed by atoms with E-state index in [0.29, 0.717) is 25.4 Å². The van der Waals surface area contributed by atoms with Gasteiger partial charge in [-0.05, 0) is 24.6 Å². The number of nitrogens with one attached hydrogen (secondary N) is 2. The molecule has 23 heavy (non-hydrogen) atoms. The number of benzene rings is 1. The largest absolute Gasteiger partial charge is 0.492 e. The van der Waals surface area contributed by atoms with Gasteiger partial charge in [0.05, 0.1) is 6.54 Å². The SMILES string of the molecule is Cc1cccc(OCCN(C)C(=O)c2n[nH]c3c2CNCC3)c1. The molecule has 6 heteroatoms. The predicted octanol–water partition coefficient (Wildman–Crippen LogP) is 1.51. The molecule has 0 saturated carbocycles. The van der Waals surface area contributed by atoms with Crippen LogP contribution < -0.4 is 10.1 Å². The fourth-order valence-electron chi connectivity index (χ4n) is 2.69. The normalized spacial score (nSPS) is 13.5. The molecule has 0 unspecified atom stereocenters. The lowest BCUT2D eigenvalue weighted by molar-refractivity contribution is 0.0766. The van der Waals surface area contributed by atoms with Gasteiger partial charge in [-0.3, -0.25) is 9.89 Å². The third-order valence-electron chi connectivity index (χ3n) is 4.04. The molecule has 0 atom stereocenters. The number of aryl methyl sites for hydroxylation is 1. The van der Waals surface area contributed by atoms with Crippen molar-refractivity contribution in [2.75, 3.05) is 26.7 Å². The van der Waals surface area contributed by atoms with Gasteiger partial charge in [0.15, 0.2) is 5.69 Å². The van der Waals surface area contributed by atoms with Crippen molar-refractivity contribution in [2.24, 2.45) is 0 Å². The molecule has 0 radical (unpaired) electrons. The number of H-pyrrole nitrogens is 1. The lowest BCUT2D eigenvalue weighted by Gasteiger charge is -2.18. The van der Waals surface area contributed by atoms with Crippen molar-refractivity contribution in [3.8, 4) is 5.75 Å². The van der Waals surface area contributed by atoms with Gasteiger partial charge in [0.2, 0.25) is 0 Å². The summed E-state index contributed by atoms with van der Waals surface area (Å²) in [7, 11) is 1.78. The standard InChI is InChI=1S/C17H22N4O2/c1-12-4-3-5-13(10-12)23-9-8-21(2)17(22)16-14-11-18-7-6-15(14)19-20-16/h3-5,10,18H,6-9,11H2,1-2H3,(H,19,20). The highest BCUT2D eigenvalue weighted by Gasteiger charge is 2.23. The zero-order valence-electron chi connectivity index (χ0n) is 13.6. The van der Waals surface area contributed by atoms with Crippen LogP contribution in [0.3, 0.4) is 0 Å². The summed E-state index contributed by atoms with van der Waals surface area (Å²) in [5.41, 5.74) is 3.73. The summed E-state index contributed by atoms with van der Waals surface area (Å²) in [6.07, 6.45) is 0.885. The number of amides is 1. The van der Waals surface area contributed by atoms with Crippen molar-refractivity contribution in [1.29, 1.82) is 0 Å². The van der Waals surface area contributed by atoms with Gasteiger partial charge in [0.25, 0.3) is 5.91 Å². The zero-order valence-corrected chi connectivity index (χ0v) is 13.6. The van der Waals surface area contributed by atoms with Crippen molar-refractivity contribution < 1.29 is 9.53 Å². The molecule has 1 aromatic heterocycles. The first-order valence-electron chi connectivity index (χ1n) is 7.87. The Bertz CT molecular complexity index is 696.